The van der Waals surface area contributed by atoms with Crippen LogP contribution < -0.4 is 16.0 Å². The molecule has 0 fully saturated rings. The quantitative estimate of drug-likeness (QED) is 0.474. The summed E-state index contributed by atoms with van der Waals surface area (Å²) in [6, 6.07) is 16.6. The molecule has 0 amide bonds. The van der Waals surface area contributed by atoms with E-state index in [2.05, 4.69) is 4.74 Å². The number of ether oxygens (including phenoxy) is 1. The molecular formula is C21H13F3N2O3S. The Morgan fingerprint density at radius 2 is 1.63 bits per heavy atom. The first-order valence-electron chi connectivity index (χ1n) is 8.65. The molecule has 4 rings (SSSR count). The lowest BCUT2D eigenvalue weighted by molar-refractivity contribution is -0.274. The number of benzene rings is 2. The van der Waals surface area contributed by atoms with Crippen LogP contribution in [0.4, 0.5) is 18.2 Å². The molecule has 0 atom stereocenters. The van der Waals surface area contributed by atoms with Gasteiger partial charge >= 0.3 is 6.36 Å². The van der Waals surface area contributed by atoms with Crippen molar-refractivity contribution in [2.24, 2.45) is 0 Å². The monoisotopic (exact) mass is 430 g/mol. The Labute approximate surface area is 171 Å². The largest absolute Gasteiger partial charge is 0.573 e. The van der Waals surface area contributed by atoms with E-state index in [0.29, 0.717) is 15.9 Å². The van der Waals surface area contributed by atoms with Gasteiger partial charge in [-0.05, 0) is 30.3 Å². The number of anilines is 1. The fourth-order valence-electron chi connectivity index (χ4n) is 3.16. The van der Waals surface area contributed by atoms with Gasteiger partial charge in [-0.1, -0.05) is 41.7 Å². The number of nitrogen functional groups attached to an aromatic ring is 1. The number of pyridine rings is 1. The van der Waals surface area contributed by atoms with Crippen LogP contribution in [-0.2, 0) is 0 Å². The number of carbonyl (C=O) groups excluding carboxylic acids is 1. The van der Waals surface area contributed by atoms with Crippen molar-refractivity contribution in [2.45, 2.75) is 6.36 Å². The number of ketones is 1. The zero-order valence-corrected chi connectivity index (χ0v) is 16.0. The van der Waals surface area contributed by atoms with Crippen molar-refractivity contribution >= 4 is 32.3 Å². The lowest BCUT2D eigenvalue weighted by Crippen LogP contribution is -2.19. The average Bonchev–Trinajstić information content (AvgIpc) is 3.03. The van der Waals surface area contributed by atoms with E-state index < -0.39 is 17.9 Å². The van der Waals surface area contributed by atoms with Crippen LogP contribution in [0.3, 0.4) is 0 Å². The number of hydrogen-bond acceptors (Lipinski definition) is 5. The van der Waals surface area contributed by atoms with Gasteiger partial charge in [-0.25, -0.2) is 0 Å². The van der Waals surface area contributed by atoms with Crippen molar-refractivity contribution in [3.8, 4) is 11.4 Å². The lowest BCUT2D eigenvalue weighted by atomic mass is 10.0. The molecule has 0 bridgehead atoms. The number of halogens is 3. The number of fused-ring (bicyclic) bond motifs is 1. The van der Waals surface area contributed by atoms with E-state index in [0.717, 1.165) is 17.4 Å². The number of carbonyl (C=O) groups is 1. The molecule has 4 aromatic rings. The van der Waals surface area contributed by atoms with Crippen LogP contribution in [0.2, 0.25) is 0 Å². The SMILES string of the molecule is Nc1sc2c(ccc(=O)n2-c2ccccc2)c1C(=O)c1ccccc1OC(F)(F)F. The molecule has 2 heterocycles. The standard InChI is InChI=1S/C21H13F3N2O3S/c22-21(23,24)29-15-9-5-4-8-13(15)18(28)17-14-10-11-16(27)26(20(14)30-19(17)25)12-6-2-1-3-7-12/h1-11H,25H2. The Bertz CT molecular complexity index is 1310. The van der Waals surface area contributed by atoms with Gasteiger partial charge in [0.05, 0.1) is 21.8 Å². The third-order valence-electron chi connectivity index (χ3n) is 4.37. The minimum Gasteiger partial charge on any atom is -0.405 e. The molecule has 5 nitrogen and oxygen atoms in total. The minimum absolute atomic E-state index is 0.0258. The highest BCUT2D eigenvalue weighted by Gasteiger charge is 2.33. The molecule has 0 unspecified atom stereocenters. The maximum absolute atomic E-state index is 13.2. The van der Waals surface area contributed by atoms with Gasteiger partial charge < -0.3 is 10.5 Å². The number of alkyl halides is 3. The third kappa shape index (κ3) is 3.55. The van der Waals surface area contributed by atoms with Gasteiger partial charge in [0, 0.05) is 11.5 Å². The summed E-state index contributed by atoms with van der Waals surface area (Å²) in [5.41, 5.74) is 6.09. The number of thiophene rings is 1. The summed E-state index contributed by atoms with van der Waals surface area (Å²) in [5, 5.41) is 0.458. The van der Waals surface area contributed by atoms with Gasteiger partial charge in [0.25, 0.3) is 5.56 Å². The number of para-hydroxylation sites is 2. The fraction of sp³-hybridized carbons (Fsp3) is 0.0476. The normalized spacial score (nSPS) is 11.6. The smallest absolute Gasteiger partial charge is 0.405 e. The molecule has 0 saturated heterocycles. The van der Waals surface area contributed by atoms with Crippen molar-refractivity contribution in [1.29, 1.82) is 0 Å². The molecule has 0 radical (unpaired) electrons. The van der Waals surface area contributed by atoms with Gasteiger partial charge in [-0.2, -0.15) is 0 Å². The van der Waals surface area contributed by atoms with Crippen molar-refractivity contribution in [1.82, 2.24) is 4.57 Å². The van der Waals surface area contributed by atoms with Gasteiger partial charge in [0.2, 0.25) is 0 Å². The molecule has 2 aromatic carbocycles. The number of aromatic nitrogens is 1. The first-order valence-corrected chi connectivity index (χ1v) is 9.47. The van der Waals surface area contributed by atoms with E-state index in [1.165, 1.54) is 34.9 Å². The summed E-state index contributed by atoms with van der Waals surface area (Å²) in [6.07, 6.45) is -4.95. The second kappa shape index (κ2) is 7.34. The molecule has 9 heteroatoms. The van der Waals surface area contributed by atoms with Crippen molar-refractivity contribution in [3.05, 3.63) is 88.2 Å². The summed E-state index contributed by atoms with van der Waals surface area (Å²) in [4.78, 5) is 26.1. The number of rotatable bonds is 4. The highest BCUT2D eigenvalue weighted by Crippen LogP contribution is 2.37. The number of hydrogen-bond donors (Lipinski definition) is 1. The van der Waals surface area contributed by atoms with Gasteiger partial charge in [-0.15, -0.1) is 13.2 Å². The maximum atomic E-state index is 13.2. The Balaban J connectivity index is 1.91. The summed E-state index contributed by atoms with van der Waals surface area (Å²) in [5.74, 6) is -1.35. The van der Waals surface area contributed by atoms with E-state index in [4.69, 9.17) is 5.73 Å². The second-order valence-electron chi connectivity index (χ2n) is 6.28. The van der Waals surface area contributed by atoms with Crippen LogP contribution in [0.5, 0.6) is 5.75 Å². The Kier molecular flexibility index (Phi) is 4.83. The first kappa shape index (κ1) is 19.7. The summed E-state index contributed by atoms with van der Waals surface area (Å²) >= 11 is 1.01. The molecular weight excluding hydrogens is 417 g/mol. The van der Waals surface area contributed by atoms with Crippen LogP contribution in [0.15, 0.2) is 71.5 Å². The first-order chi connectivity index (χ1) is 14.3. The predicted molar refractivity (Wildman–Crippen MR) is 108 cm³/mol. The molecule has 0 aliphatic heterocycles. The van der Waals surface area contributed by atoms with Crippen LogP contribution >= 0.6 is 11.3 Å². The van der Waals surface area contributed by atoms with Crippen LogP contribution in [0.25, 0.3) is 15.9 Å². The maximum Gasteiger partial charge on any atom is 0.573 e. The number of nitrogens with zero attached hydrogens (tertiary/aromatic N) is 1. The average molecular weight is 430 g/mol. The molecule has 2 N–H and O–H groups in total. The lowest BCUT2D eigenvalue weighted by Gasteiger charge is -2.12. The summed E-state index contributed by atoms with van der Waals surface area (Å²) in [6.45, 7) is 0. The van der Waals surface area contributed by atoms with Crippen LogP contribution in [0.1, 0.15) is 15.9 Å². The van der Waals surface area contributed by atoms with Crippen molar-refractivity contribution in [3.63, 3.8) is 0 Å². The zero-order valence-electron chi connectivity index (χ0n) is 15.1. The highest BCUT2D eigenvalue weighted by molar-refractivity contribution is 7.22. The van der Waals surface area contributed by atoms with Crippen LogP contribution in [0, 0.1) is 0 Å². The molecule has 0 saturated carbocycles. The molecule has 0 aliphatic rings. The fourth-order valence-corrected chi connectivity index (χ4v) is 4.24. The molecule has 0 spiro atoms. The predicted octanol–water partition coefficient (Wildman–Crippen LogP) is 4.76. The topological polar surface area (TPSA) is 74.3 Å². The van der Waals surface area contributed by atoms with Gasteiger partial charge in [0.15, 0.2) is 5.78 Å². The Morgan fingerprint density at radius 1 is 0.967 bits per heavy atom. The minimum atomic E-state index is -4.95. The molecule has 152 valence electrons. The van der Waals surface area contributed by atoms with Crippen LogP contribution in [-0.4, -0.2) is 16.7 Å². The molecule has 2 aromatic heterocycles. The zero-order chi connectivity index (χ0) is 21.5. The Morgan fingerprint density at radius 3 is 2.33 bits per heavy atom. The van der Waals surface area contributed by atoms with E-state index >= 15 is 0 Å². The summed E-state index contributed by atoms with van der Waals surface area (Å²) < 4.78 is 43.7. The van der Waals surface area contributed by atoms with Crippen molar-refractivity contribution < 1.29 is 22.7 Å². The Hall–Kier alpha value is -3.59. The van der Waals surface area contributed by atoms with Crippen molar-refractivity contribution in [2.75, 3.05) is 5.73 Å². The highest BCUT2D eigenvalue weighted by atomic mass is 32.1. The van der Waals surface area contributed by atoms with E-state index in [-0.39, 0.29) is 21.7 Å². The van der Waals surface area contributed by atoms with Gasteiger partial charge in [-0.3, -0.25) is 14.2 Å². The molecule has 30 heavy (non-hydrogen) atoms. The van der Waals surface area contributed by atoms with Gasteiger partial charge in [0.1, 0.15) is 10.6 Å². The van der Waals surface area contributed by atoms with E-state index in [1.54, 1.807) is 30.3 Å². The third-order valence-corrected chi connectivity index (χ3v) is 5.39. The summed E-state index contributed by atoms with van der Waals surface area (Å²) in [7, 11) is 0. The molecule has 0 aliphatic carbocycles. The van der Waals surface area contributed by atoms with E-state index in [1.807, 2.05) is 0 Å². The van der Waals surface area contributed by atoms with E-state index in [9.17, 15) is 22.8 Å². The number of nitrogens with two attached hydrogens (primary N) is 1. The second-order valence-corrected chi connectivity index (χ2v) is 7.31.